The highest BCUT2D eigenvalue weighted by atomic mass is 14.2. The second-order valence-corrected chi connectivity index (χ2v) is 8.88. The van der Waals surface area contributed by atoms with E-state index in [1.165, 1.54) is 49.7 Å². The van der Waals surface area contributed by atoms with E-state index in [9.17, 15) is 0 Å². The highest BCUT2D eigenvalue weighted by Gasteiger charge is 2.15. The van der Waals surface area contributed by atoms with Gasteiger partial charge in [-0.3, -0.25) is 0 Å². The SMILES string of the molecule is CC1=C(c2cc(C3=CC(C)CC=C3)cc3cccc(/C=C\c4ccccc4)c23)C=CC=C=C1. The van der Waals surface area contributed by atoms with Gasteiger partial charge in [-0.15, -0.1) is 5.73 Å². The molecule has 0 N–H and O–H groups in total. The molecule has 1 atom stereocenters. The Kier molecular flexibility index (Phi) is 5.94. The Balaban J connectivity index is 1.75. The molecule has 0 heteroatoms. The van der Waals surface area contributed by atoms with Crippen LogP contribution in [-0.2, 0) is 0 Å². The van der Waals surface area contributed by atoms with Crippen LogP contribution in [0.15, 0.2) is 115 Å². The molecule has 3 aromatic rings. The average molecular weight is 425 g/mol. The molecule has 3 aromatic carbocycles. The third-order valence-corrected chi connectivity index (χ3v) is 6.34. The molecule has 2 aliphatic rings. The van der Waals surface area contributed by atoms with Crippen molar-refractivity contribution in [2.75, 3.05) is 0 Å². The first-order valence-corrected chi connectivity index (χ1v) is 11.7. The largest absolute Gasteiger partial charge is 0.121 e. The summed E-state index contributed by atoms with van der Waals surface area (Å²) in [6.45, 7) is 4.46. The maximum absolute atomic E-state index is 3.26. The number of fused-ring (bicyclic) bond motifs is 1. The lowest BCUT2D eigenvalue weighted by atomic mass is 9.86. The minimum atomic E-state index is 0.565. The lowest BCUT2D eigenvalue weighted by Gasteiger charge is -2.18. The van der Waals surface area contributed by atoms with Crippen molar-refractivity contribution in [1.82, 2.24) is 0 Å². The van der Waals surface area contributed by atoms with Gasteiger partial charge in [-0.25, -0.2) is 0 Å². The van der Waals surface area contributed by atoms with Crippen molar-refractivity contribution in [3.63, 3.8) is 0 Å². The van der Waals surface area contributed by atoms with Crippen molar-refractivity contribution >= 4 is 34.1 Å². The summed E-state index contributed by atoms with van der Waals surface area (Å²) in [5, 5.41) is 2.55. The monoisotopic (exact) mass is 424 g/mol. The Morgan fingerprint density at radius 3 is 2.67 bits per heavy atom. The van der Waals surface area contributed by atoms with Gasteiger partial charge in [0.15, 0.2) is 0 Å². The molecule has 0 bridgehead atoms. The molecule has 0 heterocycles. The number of hydrogen-bond acceptors (Lipinski definition) is 0. The first-order chi connectivity index (χ1) is 16.2. The van der Waals surface area contributed by atoms with E-state index in [4.69, 9.17) is 0 Å². The van der Waals surface area contributed by atoms with E-state index < -0.39 is 0 Å². The maximum atomic E-state index is 3.26. The predicted molar refractivity (Wildman–Crippen MR) is 145 cm³/mol. The van der Waals surface area contributed by atoms with E-state index in [1.807, 2.05) is 6.08 Å². The number of hydrogen-bond donors (Lipinski definition) is 0. The molecule has 33 heavy (non-hydrogen) atoms. The van der Waals surface area contributed by atoms with E-state index in [-0.39, 0.29) is 0 Å². The minimum Gasteiger partial charge on any atom is -0.121 e. The Labute approximate surface area is 197 Å². The van der Waals surface area contributed by atoms with Gasteiger partial charge in [0.1, 0.15) is 0 Å². The molecule has 0 saturated carbocycles. The molecule has 160 valence electrons. The van der Waals surface area contributed by atoms with Crippen LogP contribution in [0.3, 0.4) is 0 Å². The summed E-state index contributed by atoms with van der Waals surface area (Å²) in [6.07, 6.45) is 20.9. The minimum absolute atomic E-state index is 0.565. The van der Waals surface area contributed by atoms with Gasteiger partial charge < -0.3 is 0 Å². The molecule has 0 spiro atoms. The predicted octanol–water partition coefficient (Wildman–Crippen LogP) is 9.04. The van der Waals surface area contributed by atoms with E-state index in [0.29, 0.717) is 5.92 Å². The molecular formula is C33H28. The molecule has 0 fully saturated rings. The van der Waals surface area contributed by atoms with Crippen LogP contribution in [0.25, 0.3) is 34.1 Å². The van der Waals surface area contributed by atoms with Gasteiger partial charge >= 0.3 is 0 Å². The van der Waals surface area contributed by atoms with Crippen molar-refractivity contribution in [1.29, 1.82) is 0 Å². The van der Waals surface area contributed by atoms with Gasteiger partial charge in [0.05, 0.1) is 0 Å². The number of rotatable bonds is 4. The normalized spacial score (nSPS) is 17.8. The molecule has 2 aliphatic carbocycles. The van der Waals surface area contributed by atoms with Crippen LogP contribution in [0.5, 0.6) is 0 Å². The Hall–Kier alpha value is -3.86. The summed E-state index contributed by atoms with van der Waals surface area (Å²) in [6, 6.07) is 21.8. The van der Waals surface area contributed by atoms with Crippen LogP contribution in [0, 0.1) is 5.92 Å². The van der Waals surface area contributed by atoms with Crippen LogP contribution >= 0.6 is 0 Å². The van der Waals surface area contributed by atoms with Crippen LogP contribution in [-0.4, -0.2) is 0 Å². The molecule has 0 aromatic heterocycles. The molecule has 0 aliphatic heterocycles. The standard InChI is InChI=1S/C33H28/c1-24-11-9-16-28(21-24)30-22-29-17-10-15-27(20-19-26-13-6-4-7-14-26)33(29)32(23-30)31-18-8-3-5-12-25(31)2/h3-4,6-10,12-24H,11H2,1-2H3/b20-19-. The Bertz CT molecular complexity index is 1410. The summed E-state index contributed by atoms with van der Waals surface area (Å²) in [5.41, 5.74) is 12.0. The number of benzene rings is 3. The van der Waals surface area contributed by atoms with Crippen molar-refractivity contribution in [2.45, 2.75) is 20.3 Å². The third kappa shape index (κ3) is 4.53. The van der Waals surface area contributed by atoms with Crippen molar-refractivity contribution in [3.8, 4) is 0 Å². The van der Waals surface area contributed by atoms with Gasteiger partial charge in [0.2, 0.25) is 0 Å². The summed E-state index contributed by atoms with van der Waals surface area (Å²) in [4.78, 5) is 0. The Morgan fingerprint density at radius 1 is 0.939 bits per heavy atom. The fourth-order valence-electron chi connectivity index (χ4n) is 4.64. The summed E-state index contributed by atoms with van der Waals surface area (Å²) in [7, 11) is 0. The molecule has 1 unspecified atom stereocenters. The summed E-state index contributed by atoms with van der Waals surface area (Å²) in [5.74, 6) is 0.565. The van der Waals surface area contributed by atoms with Crippen molar-refractivity contribution < 1.29 is 0 Å². The van der Waals surface area contributed by atoms with Gasteiger partial charge in [-0.2, -0.15) is 0 Å². The van der Waals surface area contributed by atoms with Crippen LogP contribution < -0.4 is 0 Å². The average Bonchev–Trinajstić information content (AvgIpc) is 3.06. The first kappa shape index (κ1) is 21.0. The molecule has 0 radical (unpaired) electrons. The molecule has 0 amide bonds. The topological polar surface area (TPSA) is 0 Å². The van der Waals surface area contributed by atoms with Gasteiger partial charge in [-0.05, 0) is 93.3 Å². The smallest absolute Gasteiger partial charge is 0.00323 e. The highest BCUT2D eigenvalue weighted by molar-refractivity contribution is 6.04. The van der Waals surface area contributed by atoms with Crippen LogP contribution in [0.1, 0.15) is 42.5 Å². The van der Waals surface area contributed by atoms with Crippen molar-refractivity contribution in [2.24, 2.45) is 5.92 Å². The van der Waals surface area contributed by atoms with Gasteiger partial charge in [0, 0.05) is 0 Å². The lowest BCUT2D eigenvalue weighted by Crippen LogP contribution is -1.97. The lowest BCUT2D eigenvalue weighted by molar-refractivity contribution is 0.740. The van der Waals surface area contributed by atoms with Gasteiger partial charge in [0.25, 0.3) is 0 Å². The highest BCUT2D eigenvalue weighted by Crippen LogP contribution is 2.36. The molecule has 0 saturated heterocycles. The summed E-state index contributed by atoms with van der Waals surface area (Å²) < 4.78 is 0. The van der Waals surface area contributed by atoms with E-state index in [1.54, 1.807) is 0 Å². The number of allylic oxidation sites excluding steroid dienone is 9. The zero-order valence-electron chi connectivity index (χ0n) is 19.3. The molecular weight excluding hydrogens is 396 g/mol. The van der Waals surface area contributed by atoms with E-state index in [2.05, 4.69) is 129 Å². The van der Waals surface area contributed by atoms with E-state index in [0.717, 1.165) is 6.42 Å². The summed E-state index contributed by atoms with van der Waals surface area (Å²) >= 11 is 0. The fraction of sp³-hybridized carbons (Fsp3) is 0.121. The maximum Gasteiger partial charge on any atom is -0.00323 e. The zero-order valence-corrected chi connectivity index (χ0v) is 19.3. The third-order valence-electron chi connectivity index (χ3n) is 6.34. The van der Waals surface area contributed by atoms with E-state index >= 15 is 0 Å². The zero-order chi connectivity index (χ0) is 22.6. The second-order valence-electron chi connectivity index (χ2n) is 8.88. The van der Waals surface area contributed by atoms with Crippen LogP contribution in [0.4, 0.5) is 0 Å². The molecule has 0 nitrogen and oxygen atoms in total. The first-order valence-electron chi connectivity index (χ1n) is 11.7. The van der Waals surface area contributed by atoms with Crippen LogP contribution in [0.2, 0.25) is 0 Å². The van der Waals surface area contributed by atoms with Crippen molar-refractivity contribution in [3.05, 3.63) is 137 Å². The molecule has 5 rings (SSSR count). The fourth-order valence-corrected chi connectivity index (χ4v) is 4.64. The quantitative estimate of drug-likeness (QED) is 0.289. The second kappa shape index (κ2) is 9.33. The Morgan fingerprint density at radius 2 is 1.82 bits per heavy atom. The van der Waals surface area contributed by atoms with Gasteiger partial charge in [-0.1, -0.05) is 98.0 Å².